The van der Waals surface area contributed by atoms with E-state index in [0.717, 1.165) is 16.9 Å². The molecule has 0 bridgehead atoms. The lowest BCUT2D eigenvalue weighted by Gasteiger charge is -2.04. The number of carbonyl (C=O) groups excluding carboxylic acids is 1. The summed E-state index contributed by atoms with van der Waals surface area (Å²) in [5.74, 6) is 1.48. The van der Waals surface area contributed by atoms with Crippen LogP contribution >= 0.6 is 0 Å². The Morgan fingerprint density at radius 3 is 2.59 bits per heavy atom. The standard InChI is InChI=1S/C20H18N4O3/c1-26-17-8-4-15(5-9-17)20-23-19(27-24-20)11-10-18(25)22-16-6-2-14(3-7-16)12-13-21/h2-9H,10-12H2,1H3,(H,22,25). The average molecular weight is 362 g/mol. The molecule has 27 heavy (non-hydrogen) atoms. The number of rotatable bonds is 7. The van der Waals surface area contributed by atoms with Crippen molar-refractivity contribution in [3.63, 3.8) is 0 Å². The monoisotopic (exact) mass is 362 g/mol. The van der Waals surface area contributed by atoms with Gasteiger partial charge in [0.2, 0.25) is 17.6 Å². The van der Waals surface area contributed by atoms with Crippen LogP contribution < -0.4 is 10.1 Å². The SMILES string of the molecule is COc1ccc(-c2noc(CCC(=O)Nc3ccc(CC#N)cc3)n2)cc1. The fourth-order valence-corrected chi connectivity index (χ4v) is 2.45. The molecule has 0 aliphatic heterocycles. The Kier molecular flexibility index (Phi) is 5.80. The molecule has 1 aromatic heterocycles. The molecular formula is C20H18N4O3. The van der Waals surface area contributed by atoms with Crippen molar-refractivity contribution >= 4 is 11.6 Å². The molecule has 0 saturated heterocycles. The lowest BCUT2D eigenvalue weighted by atomic mass is 10.1. The third-order valence-corrected chi connectivity index (χ3v) is 3.90. The summed E-state index contributed by atoms with van der Waals surface area (Å²) in [6.45, 7) is 0. The van der Waals surface area contributed by atoms with Gasteiger partial charge >= 0.3 is 0 Å². The summed E-state index contributed by atoms with van der Waals surface area (Å²) in [6, 6.07) is 16.6. The lowest BCUT2D eigenvalue weighted by molar-refractivity contribution is -0.116. The highest BCUT2D eigenvalue weighted by molar-refractivity contribution is 5.90. The number of hydrogen-bond acceptors (Lipinski definition) is 6. The maximum absolute atomic E-state index is 12.1. The zero-order valence-corrected chi connectivity index (χ0v) is 14.8. The molecule has 136 valence electrons. The van der Waals surface area contributed by atoms with Crippen LogP contribution in [-0.4, -0.2) is 23.2 Å². The number of anilines is 1. The second kappa shape index (κ2) is 8.63. The topological polar surface area (TPSA) is 101 Å². The average Bonchev–Trinajstić information content (AvgIpc) is 3.17. The molecule has 7 nitrogen and oxygen atoms in total. The Morgan fingerprint density at radius 2 is 1.93 bits per heavy atom. The van der Waals surface area contributed by atoms with E-state index in [-0.39, 0.29) is 12.3 Å². The predicted molar refractivity (Wildman–Crippen MR) is 99.0 cm³/mol. The van der Waals surface area contributed by atoms with Gasteiger partial charge in [0, 0.05) is 24.1 Å². The molecule has 0 unspecified atom stereocenters. The van der Waals surface area contributed by atoms with Gasteiger partial charge in [0.15, 0.2) is 0 Å². The largest absolute Gasteiger partial charge is 0.497 e. The van der Waals surface area contributed by atoms with Gasteiger partial charge in [-0.1, -0.05) is 17.3 Å². The van der Waals surface area contributed by atoms with E-state index in [1.807, 2.05) is 36.4 Å². The van der Waals surface area contributed by atoms with E-state index in [2.05, 4.69) is 21.5 Å². The van der Waals surface area contributed by atoms with Gasteiger partial charge < -0.3 is 14.6 Å². The minimum Gasteiger partial charge on any atom is -0.497 e. The van der Waals surface area contributed by atoms with Crippen LogP contribution in [0.3, 0.4) is 0 Å². The summed E-state index contributed by atoms with van der Waals surface area (Å²) < 4.78 is 10.3. The number of hydrogen-bond donors (Lipinski definition) is 1. The number of nitrogens with zero attached hydrogens (tertiary/aromatic N) is 3. The normalized spacial score (nSPS) is 10.2. The minimum absolute atomic E-state index is 0.146. The first-order valence-electron chi connectivity index (χ1n) is 8.40. The molecule has 0 atom stereocenters. The summed E-state index contributed by atoms with van der Waals surface area (Å²) in [4.78, 5) is 16.4. The highest BCUT2D eigenvalue weighted by atomic mass is 16.5. The Balaban J connectivity index is 1.53. The third kappa shape index (κ3) is 4.92. The van der Waals surface area contributed by atoms with E-state index < -0.39 is 0 Å². The van der Waals surface area contributed by atoms with Crippen molar-refractivity contribution in [2.24, 2.45) is 0 Å². The second-order valence-corrected chi connectivity index (χ2v) is 5.82. The molecule has 3 rings (SSSR count). The number of methoxy groups -OCH3 is 1. The summed E-state index contributed by atoms with van der Waals surface area (Å²) in [5.41, 5.74) is 2.41. The zero-order valence-electron chi connectivity index (χ0n) is 14.8. The number of nitriles is 1. The molecule has 0 aliphatic rings. The van der Waals surface area contributed by atoms with Gasteiger partial charge in [0.1, 0.15) is 5.75 Å². The molecule has 1 heterocycles. The van der Waals surface area contributed by atoms with Crippen molar-refractivity contribution in [1.82, 2.24) is 10.1 Å². The first kappa shape index (κ1) is 18.1. The van der Waals surface area contributed by atoms with E-state index >= 15 is 0 Å². The van der Waals surface area contributed by atoms with Gasteiger partial charge in [-0.15, -0.1) is 0 Å². The van der Waals surface area contributed by atoms with Gasteiger partial charge in [0.05, 0.1) is 19.6 Å². The van der Waals surface area contributed by atoms with Crippen LogP contribution in [0.1, 0.15) is 17.9 Å². The summed E-state index contributed by atoms with van der Waals surface area (Å²) >= 11 is 0. The molecule has 0 aliphatic carbocycles. The van der Waals surface area contributed by atoms with Crippen molar-refractivity contribution in [3.8, 4) is 23.2 Å². The van der Waals surface area contributed by atoms with Crippen LogP contribution in [0, 0.1) is 11.3 Å². The number of amides is 1. The molecule has 1 amide bonds. The maximum Gasteiger partial charge on any atom is 0.227 e. The molecule has 0 fully saturated rings. The van der Waals surface area contributed by atoms with Gasteiger partial charge in [-0.3, -0.25) is 4.79 Å². The van der Waals surface area contributed by atoms with Crippen LogP contribution in [-0.2, 0) is 17.6 Å². The highest BCUT2D eigenvalue weighted by Crippen LogP contribution is 2.20. The van der Waals surface area contributed by atoms with Gasteiger partial charge in [-0.05, 0) is 42.0 Å². The smallest absolute Gasteiger partial charge is 0.227 e. The maximum atomic E-state index is 12.1. The number of benzene rings is 2. The first-order chi connectivity index (χ1) is 13.2. The number of aryl methyl sites for hydroxylation is 1. The van der Waals surface area contributed by atoms with Crippen molar-refractivity contribution in [3.05, 3.63) is 60.0 Å². The third-order valence-electron chi connectivity index (χ3n) is 3.90. The van der Waals surface area contributed by atoms with Crippen molar-refractivity contribution in [1.29, 1.82) is 5.26 Å². The van der Waals surface area contributed by atoms with Gasteiger partial charge in [0.25, 0.3) is 0 Å². The van der Waals surface area contributed by atoms with E-state index in [4.69, 9.17) is 14.5 Å². The van der Waals surface area contributed by atoms with Crippen molar-refractivity contribution in [2.75, 3.05) is 12.4 Å². The fraction of sp³-hybridized carbons (Fsp3) is 0.200. The minimum atomic E-state index is -0.146. The molecule has 7 heteroatoms. The van der Waals surface area contributed by atoms with E-state index in [1.165, 1.54) is 0 Å². The quantitative estimate of drug-likeness (QED) is 0.691. The molecule has 1 N–H and O–H groups in total. The van der Waals surface area contributed by atoms with Crippen LogP contribution in [0.5, 0.6) is 5.75 Å². The first-order valence-corrected chi connectivity index (χ1v) is 8.40. The van der Waals surface area contributed by atoms with Crippen LogP contribution in [0.25, 0.3) is 11.4 Å². The van der Waals surface area contributed by atoms with Gasteiger partial charge in [-0.2, -0.15) is 10.2 Å². The predicted octanol–water partition coefficient (Wildman–Crippen LogP) is 3.38. The molecular weight excluding hydrogens is 344 g/mol. The summed E-state index contributed by atoms with van der Waals surface area (Å²) in [6.07, 6.45) is 0.924. The number of aromatic nitrogens is 2. The molecule has 0 spiro atoms. The summed E-state index contributed by atoms with van der Waals surface area (Å²) in [7, 11) is 1.60. The van der Waals surface area contributed by atoms with Crippen molar-refractivity contribution in [2.45, 2.75) is 19.3 Å². The lowest BCUT2D eigenvalue weighted by Crippen LogP contribution is -2.12. The molecule has 3 aromatic rings. The molecule has 0 saturated carbocycles. The summed E-state index contributed by atoms with van der Waals surface area (Å²) in [5, 5.41) is 15.4. The Hall–Kier alpha value is -3.66. The van der Waals surface area contributed by atoms with E-state index in [1.54, 1.807) is 19.2 Å². The van der Waals surface area contributed by atoms with E-state index in [9.17, 15) is 4.79 Å². The van der Waals surface area contributed by atoms with E-state index in [0.29, 0.717) is 30.2 Å². The number of nitrogens with one attached hydrogen (secondary N) is 1. The zero-order chi connectivity index (χ0) is 19.1. The molecule has 0 radical (unpaired) electrons. The number of ether oxygens (including phenoxy) is 1. The fourth-order valence-electron chi connectivity index (χ4n) is 2.45. The number of carbonyl (C=O) groups is 1. The van der Waals surface area contributed by atoms with Crippen LogP contribution in [0.15, 0.2) is 53.1 Å². The van der Waals surface area contributed by atoms with Gasteiger partial charge in [-0.25, -0.2) is 0 Å². The highest BCUT2D eigenvalue weighted by Gasteiger charge is 2.11. The second-order valence-electron chi connectivity index (χ2n) is 5.82. The Morgan fingerprint density at radius 1 is 1.19 bits per heavy atom. The van der Waals surface area contributed by atoms with Crippen LogP contribution in [0.2, 0.25) is 0 Å². The molecule has 2 aromatic carbocycles. The Labute approximate surface area is 156 Å². The Bertz CT molecular complexity index is 941. The van der Waals surface area contributed by atoms with Crippen molar-refractivity contribution < 1.29 is 14.1 Å². The van der Waals surface area contributed by atoms with Crippen LogP contribution in [0.4, 0.5) is 5.69 Å².